The molecule has 0 bridgehead atoms. The van der Waals surface area contributed by atoms with Crippen LogP contribution in [0.15, 0.2) is 72.8 Å². The zero-order valence-corrected chi connectivity index (χ0v) is 25.2. The molecule has 0 heterocycles. The Balaban J connectivity index is 1.91. The molecule has 220 valence electrons. The maximum absolute atomic E-state index is 14.8. The molecule has 2 amide bonds. The predicted octanol–water partition coefficient (Wildman–Crippen LogP) is 5.15. The molecule has 1 N–H and O–H groups in total. The molecule has 3 aromatic carbocycles. The lowest BCUT2D eigenvalue weighted by molar-refractivity contribution is -0.141. The Morgan fingerprint density at radius 3 is 2.22 bits per heavy atom. The van der Waals surface area contributed by atoms with Crippen LogP contribution >= 0.6 is 0 Å². The zero-order valence-electron chi connectivity index (χ0n) is 24.4. The third kappa shape index (κ3) is 8.88. The fraction of sp³-hybridized carbons (Fsp3) is 0.375. The minimum absolute atomic E-state index is 0.0222. The monoisotopic (exact) mass is 581 g/mol. The highest BCUT2D eigenvalue weighted by atomic mass is 32.2. The van der Waals surface area contributed by atoms with Gasteiger partial charge in [0.25, 0.3) is 0 Å². The first kappa shape index (κ1) is 31.8. The van der Waals surface area contributed by atoms with Crippen LogP contribution in [0.4, 0.5) is 10.1 Å². The van der Waals surface area contributed by atoms with E-state index in [0.29, 0.717) is 11.3 Å². The Bertz CT molecular complexity index is 1440. The molecular weight excluding hydrogens is 541 g/mol. The molecular formula is C32H40FN3O4S. The first-order valence-corrected chi connectivity index (χ1v) is 15.6. The molecule has 0 spiro atoms. The third-order valence-corrected chi connectivity index (χ3v) is 8.18. The number of rotatable bonds is 13. The van der Waals surface area contributed by atoms with Gasteiger partial charge in [-0.1, -0.05) is 60.7 Å². The molecule has 9 heteroatoms. The van der Waals surface area contributed by atoms with Crippen molar-refractivity contribution < 1.29 is 22.4 Å². The van der Waals surface area contributed by atoms with E-state index in [0.717, 1.165) is 22.9 Å². The lowest BCUT2D eigenvalue weighted by Gasteiger charge is -2.32. The van der Waals surface area contributed by atoms with Gasteiger partial charge >= 0.3 is 0 Å². The number of hydrogen-bond donors (Lipinski definition) is 1. The molecule has 0 fully saturated rings. The van der Waals surface area contributed by atoms with Crippen molar-refractivity contribution >= 4 is 27.5 Å². The first-order chi connectivity index (χ1) is 19.4. The summed E-state index contributed by atoms with van der Waals surface area (Å²) in [6.45, 7) is 7.45. The molecule has 0 radical (unpaired) electrons. The summed E-state index contributed by atoms with van der Waals surface area (Å²) in [6, 6.07) is 20.0. The summed E-state index contributed by atoms with van der Waals surface area (Å²) in [5.41, 5.74) is 3.54. The van der Waals surface area contributed by atoms with Crippen molar-refractivity contribution in [3.05, 3.63) is 101 Å². The van der Waals surface area contributed by atoms with Gasteiger partial charge in [0.1, 0.15) is 11.9 Å². The Labute approximate surface area is 243 Å². The van der Waals surface area contributed by atoms with Crippen molar-refractivity contribution in [1.29, 1.82) is 0 Å². The third-order valence-electron chi connectivity index (χ3n) is 7.00. The van der Waals surface area contributed by atoms with Crippen molar-refractivity contribution in [2.45, 2.75) is 65.6 Å². The van der Waals surface area contributed by atoms with Crippen molar-refractivity contribution in [2.24, 2.45) is 0 Å². The Morgan fingerprint density at radius 1 is 0.927 bits per heavy atom. The normalized spacial score (nSPS) is 12.2. The number of carbonyl (C=O) groups excluding carboxylic acids is 2. The summed E-state index contributed by atoms with van der Waals surface area (Å²) in [5.74, 6) is -1.16. The number of nitrogens with zero attached hydrogens (tertiary/aromatic N) is 2. The van der Waals surface area contributed by atoms with Gasteiger partial charge in [-0.2, -0.15) is 0 Å². The van der Waals surface area contributed by atoms with E-state index >= 15 is 0 Å². The maximum atomic E-state index is 14.8. The van der Waals surface area contributed by atoms with Crippen LogP contribution in [0.25, 0.3) is 0 Å². The standard InChI is InChI=1S/C32H40FN3O4S/c1-23(2)34-32(38)30(21-26-14-7-6-8-15-26)35(22-27-16-9-10-17-28(27)33)31(37)19-12-20-36(41(5,39)40)29-18-11-13-24(3)25(29)4/h6-11,13-18,23,30H,12,19-22H2,1-5H3,(H,34,38)/t30-/m0/s1. The number of anilines is 1. The minimum Gasteiger partial charge on any atom is -0.352 e. The second kappa shape index (κ2) is 14.3. The van der Waals surface area contributed by atoms with Crippen LogP contribution in [0.5, 0.6) is 0 Å². The second-order valence-electron chi connectivity index (χ2n) is 10.6. The van der Waals surface area contributed by atoms with Crippen LogP contribution in [-0.2, 0) is 32.6 Å². The zero-order chi connectivity index (χ0) is 30.2. The van der Waals surface area contributed by atoms with Crippen LogP contribution in [0, 0.1) is 19.7 Å². The molecule has 0 aliphatic rings. The molecule has 0 unspecified atom stereocenters. The summed E-state index contributed by atoms with van der Waals surface area (Å²) in [5, 5.41) is 2.91. The number of benzene rings is 3. The van der Waals surface area contributed by atoms with Gasteiger partial charge in [0.2, 0.25) is 21.8 Å². The number of hydrogen-bond acceptors (Lipinski definition) is 4. The predicted molar refractivity (Wildman–Crippen MR) is 162 cm³/mol. The van der Waals surface area contributed by atoms with Crippen molar-refractivity contribution in [3.8, 4) is 0 Å². The summed E-state index contributed by atoms with van der Waals surface area (Å²) in [7, 11) is -3.62. The summed E-state index contributed by atoms with van der Waals surface area (Å²) >= 11 is 0. The lowest BCUT2D eigenvalue weighted by Crippen LogP contribution is -2.52. The van der Waals surface area contributed by atoms with Crippen LogP contribution < -0.4 is 9.62 Å². The summed E-state index contributed by atoms with van der Waals surface area (Å²) in [4.78, 5) is 28.7. The molecule has 0 aliphatic carbocycles. The highest BCUT2D eigenvalue weighted by molar-refractivity contribution is 7.92. The smallest absolute Gasteiger partial charge is 0.243 e. The number of aryl methyl sites for hydroxylation is 1. The Hall–Kier alpha value is -3.72. The number of carbonyl (C=O) groups is 2. The van der Waals surface area contributed by atoms with Gasteiger partial charge in [-0.25, -0.2) is 12.8 Å². The molecule has 0 aliphatic heterocycles. The van der Waals surface area contributed by atoms with Gasteiger partial charge in [0.15, 0.2) is 0 Å². The fourth-order valence-electron chi connectivity index (χ4n) is 4.73. The van der Waals surface area contributed by atoms with Gasteiger partial charge in [0.05, 0.1) is 11.9 Å². The van der Waals surface area contributed by atoms with E-state index in [1.165, 1.54) is 15.3 Å². The topological polar surface area (TPSA) is 86.8 Å². The fourth-order valence-corrected chi connectivity index (χ4v) is 5.75. The van der Waals surface area contributed by atoms with E-state index in [1.54, 1.807) is 30.3 Å². The minimum atomic E-state index is -3.62. The van der Waals surface area contributed by atoms with E-state index < -0.39 is 21.9 Å². The van der Waals surface area contributed by atoms with E-state index in [1.807, 2.05) is 64.1 Å². The molecule has 0 aromatic heterocycles. The van der Waals surface area contributed by atoms with Crippen molar-refractivity contribution in [3.63, 3.8) is 0 Å². The van der Waals surface area contributed by atoms with E-state index in [2.05, 4.69) is 5.32 Å². The molecule has 3 aromatic rings. The Kier molecular flexibility index (Phi) is 11.1. The van der Waals surface area contributed by atoms with E-state index in [9.17, 15) is 22.4 Å². The summed E-state index contributed by atoms with van der Waals surface area (Å²) < 4.78 is 41.5. The molecule has 0 saturated carbocycles. The van der Waals surface area contributed by atoms with Crippen molar-refractivity contribution in [2.75, 3.05) is 17.1 Å². The van der Waals surface area contributed by atoms with Crippen LogP contribution in [0.2, 0.25) is 0 Å². The largest absolute Gasteiger partial charge is 0.352 e. The maximum Gasteiger partial charge on any atom is 0.243 e. The lowest BCUT2D eigenvalue weighted by atomic mass is 10.0. The molecule has 3 rings (SSSR count). The van der Waals surface area contributed by atoms with Gasteiger partial charge in [-0.15, -0.1) is 0 Å². The van der Waals surface area contributed by atoms with Gasteiger partial charge < -0.3 is 10.2 Å². The average Bonchev–Trinajstić information content (AvgIpc) is 2.91. The molecule has 0 saturated heterocycles. The highest BCUT2D eigenvalue weighted by Crippen LogP contribution is 2.26. The molecule has 41 heavy (non-hydrogen) atoms. The summed E-state index contributed by atoms with van der Waals surface area (Å²) in [6.07, 6.45) is 1.59. The number of sulfonamides is 1. The van der Waals surface area contributed by atoms with Crippen molar-refractivity contribution in [1.82, 2.24) is 10.2 Å². The molecule has 1 atom stereocenters. The first-order valence-electron chi connectivity index (χ1n) is 13.8. The second-order valence-corrected chi connectivity index (χ2v) is 12.5. The average molecular weight is 582 g/mol. The van der Waals surface area contributed by atoms with E-state index in [4.69, 9.17) is 0 Å². The van der Waals surface area contributed by atoms with Crippen LogP contribution in [0.1, 0.15) is 48.9 Å². The quantitative estimate of drug-likeness (QED) is 0.302. The van der Waals surface area contributed by atoms with E-state index in [-0.39, 0.29) is 50.2 Å². The number of halogens is 1. The van der Waals surface area contributed by atoms with Crippen LogP contribution in [0.3, 0.4) is 0 Å². The van der Waals surface area contributed by atoms with Gasteiger partial charge in [0, 0.05) is 37.5 Å². The number of amides is 2. The van der Waals surface area contributed by atoms with Gasteiger partial charge in [-0.05, 0) is 62.9 Å². The number of nitrogens with one attached hydrogen (secondary N) is 1. The van der Waals surface area contributed by atoms with Crippen LogP contribution in [-0.4, -0.2) is 50.0 Å². The molecule has 7 nitrogen and oxygen atoms in total. The van der Waals surface area contributed by atoms with Gasteiger partial charge in [-0.3, -0.25) is 13.9 Å². The SMILES string of the molecule is Cc1cccc(N(CCCC(=O)N(Cc2ccccc2F)[C@@H](Cc2ccccc2)C(=O)NC(C)C)S(C)(=O)=O)c1C. The highest BCUT2D eigenvalue weighted by Gasteiger charge is 2.31. The Morgan fingerprint density at radius 2 is 1.59 bits per heavy atom.